The molecule has 4 rings (SSSR count). The van der Waals surface area contributed by atoms with Gasteiger partial charge in [-0.15, -0.1) is 11.3 Å². The number of thiazole rings is 1. The van der Waals surface area contributed by atoms with Gasteiger partial charge in [0, 0.05) is 37.9 Å². The summed E-state index contributed by atoms with van der Waals surface area (Å²) in [6.45, 7) is 11.8. The first-order valence-electron chi connectivity index (χ1n) is 18.8. The number of hydrogen-bond donors (Lipinski definition) is 4. The molecule has 2 heterocycles. The number of benzene rings is 2. The van der Waals surface area contributed by atoms with Crippen molar-refractivity contribution in [3.8, 4) is 10.4 Å². The van der Waals surface area contributed by atoms with E-state index in [0.29, 0.717) is 31.2 Å². The molecule has 13 heteroatoms. The number of carbonyl (C=O) groups excluding carboxylic acids is 4. The van der Waals surface area contributed by atoms with Crippen LogP contribution in [0.25, 0.3) is 10.4 Å². The van der Waals surface area contributed by atoms with E-state index in [2.05, 4.69) is 15.6 Å². The Hall–Kier alpha value is -4.20. The Labute approximate surface area is 322 Å². The molecule has 11 nitrogen and oxygen atoms in total. The highest BCUT2D eigenvalue weighted by molar-refractivity contribution is 7.13. The molecule has 3 aromatic rings. The van der Waals surface area contributed by atoms with E-state index in [-0.39, 0.29) is 74.5 Å². The highest BCUT2D eigenvalue weighted by Gasteiger charge is 2.44. The fraction of sp³-hybridized carbons (Fsp3) is 0.537. The molecular weight excluding hydrogens is 710 g/mol. The number of nitrogens with zero attached hydrogens (tertiary/aromatic N) is 2. The summed E-state index contributed by atoms with van der Waals surface area (Å²) in [5, 5.41) is 16.4. The number of aryl methyl sites for hydroxylation is 2. The number of carbonyl (C=O) groups is 4. The second-order valence-electron chi connectivity index (χ2n) is 15.6. The van der Waals surface area contributed by atoms with E-state index < -0.39 is 29.5 Å². The molecule has 5 atom stereocenters. The van der Waals surface area contributed by atoms with Gasteiger partial charge in [-0.3, -0.25) is 19.2 Å². The normalized spacial score (nSPS) is 17.5. The van der Waals surface area contributed by atoms with Crippen LogP contribution in [-0.2, 0) is 43.5 Å². The second kappa shape index (κ2) is 19.4. The maximum Gasteiger partial charge on any atom is 0.246 e. The van der Waals surface area contributed by atoms with Gasteiger partial charge < -0.3 is 31.1 Å². The third-order valence-corrected chi connectivity index (χ3v) is 11.1. The molecule has 0 spiro atoms. The van der Waals surface area contributed by atoms with Gasteiger partial charge >= 0.3 is 0 Å². The largest absolute Gasteiger partial charge is 0.391 e. The number of aliphatic hydroxyl groups excluding tert-OH is 1. The predicted molar refractivity (Wildman–Crippen MR) is 207 cm³/mol. The van der Waals surface area contributed by atoms with Crippen LogP contribution in [0.2, 0.25) is 0 Å². The zero-order valence-corrected chi connectivity index (χ0v) is 33.1. The van der Waals surface area contributed by atoms with Crippen LogP contribution in [0.5, 0.6) is 0 Å². The molecule has 54 heavy (non-hydrogen) atoms. The number of ether oxygens (including phenoxy) is 1. The Kier molecular flexibility index (Phi) is 15.3. The molecule has 2 aromatic carbocycles. The Balaban J connectivity index is 1.25. The highest BCUT2D eigenvalue weighted by atomic mass is 32.1. The van der Waals surface area contributed by atoms with Crippen LogP contribution >= 0.6 is 11.3 Å². The van der Waals surface area contributed by atoms with Crippen molar-refractivity contribution in [3.63, 3.8) is 0 Å². The summed E-state index contributed by atoms with van der Waals surface area (Å²) in [4.78, 5) is 58.3. The molecule has 294 valence electrons. The lowest BCUT2D eigenvalue weighted by Crippen LogP contribution is -2.57. The molecule has 5 N–H and O–H groups in total. The number of likely N-dealkylation sites (tertiary alicyclic amines) is 1. The smallest absolute Gasteiger partial charge is 0.246 e. The topological polar surface area (TPSA) is 164 Å². The first-order chi connectivity index (χ1) is 25.5. The van der Waals surface area contributed by atoms with Crippen molar-refractivity contribution in [1.29, 1.82) is 0 Å². The van der Waals surface area contributed by atoms with Crippen molar-refractivity contribution in [1.82, 2.24) is 20.5 Å². The molecular formula is C41H56FN5O6S. The summed E-state index contributed by atoms with van der Waals surface area (Å²) < 4.78 is 20.7. The number of aliphatic hydroxyl groups is 1. The first kappa shape index (κ1) is 42.5. The lowest BCUT2D eigenvalue weighted by molar-refractivity contribution is -0.144. The second-order valence-corrected chi connectivity index (χ2v) is 16.4. The number of β-amino-alcohol motifs (C(OH)–C–C–N with tert-alkyl or cyclic N) is 1. The van der Waals surface area contributed by atoms with Crippen molar-refractivity contribution < 1.29 is 33.4 Å². The number of nitrogens with one attached hydrogen (secondary N) is 2. The summed E-state index contributed by atoms with van der Waals surface area (Å²) in [6.07, 6.45) is 1.90. The molecule has 1 aliphatic heterocycles. The van der Waals surface area contributed by atoms with Gasteiger partial charge in [0.05, 0.1) is 34.9 Å². The van der Waals surface area contributed by atoms with Gasteiger partial charge in [0.25, 0.3) is 0 Å². The van der Waals surface area contributed by atoms with Gasteiger partial charge in [-0.2, -0.15) is 0 Å². The van der Waals surface area contributed by atoms with E-state index in [1.165, 1.54) is 11.0 Å². The van der Waals surface area contributed by atoms with Crippen molar-refractivity contribution in [2.24, 2.45) is 17.1 Å². The lowest BCUT2D eigenvalue weighted by atomic mass is 9.85. The number of aromatic nitrogens is 1. The van der Waals surface area contributed by atoms with Crippen LogP contribution in [0.3, 0.4) is 0 Å². The molecule has 1 aromatic heterocycles. The van der Waals surface area contributed by atoms with Gasteiger partial charge in [0.2, 0.25) is 23.6 Å². The minimum Gasteiger partial charge on any atom is -0.391 e. The number of primary amides is 1. The monoisotopic (exact) mass is 765 g/mol. The maximum absolute atomic E-state index is 14.9. The minimum absolute atomic E-state index is 0.00114. The molecule has 1 fully saturated rings. The average molecular weight is 766 g/mol. The lowest BCUT2D eigenvalue weighted by Gasteiger charge is -2.35. The fourth-order valence-corrected chi connectivity index (χ4v) is 7.29. The van der Waals surface area contributed by atoms with Crippen LogP contribution in [0, 0.1) is 24.1 Å². The number of halogens is 1. The number of nitrogens with two attached hydrogens (primary N) is 1. The molecule has 0 bridgehead atoms. The molecule has 0 unspecified atom stereocenters. The SMILES string of the molecule is Cc1ncsc1-c1ccc(CNC(=O)[C@@H]2C[C@@H](O)CN2C(=O)[C@@H](NC(=O)CCCCc2ccc(CO[C@H](C)[C@@H](C)CCC(N)=O)c(F)c2)C(C)(C)C)cc1. The van der Waals surface area contributed by atoms with E-state index in [9.17, 15) is 28.7 Å². The number of hydrogen-bond acceptors (Lipinski definition) is 8. The first-order valence-corrected chi connectivity index (χ1v) is 19.6. The Bertz CT molecular complexity index is 1740. The minimum atomic E-state index is -0.911. The fourth-order valence-electron chi connectivity index (χ4n) is 6.48. The zero-order valence-electron chi connectivity index (χ0n) is 32.3. The molecule has 4 amide bonds. The number of amides is 4. The molecule has 0 aliphatic carbocycles. The van der Waals surface area contributed by atoms with E-state index in [4.69, 9.17) is 10.5 Å². The van der Waals surface area contributed by atoms with E-state index >= 15 is 0 Å². The van der Waals surface area contributed by atoms with Crippen LogP contribution in [0.4, 0.5) is 4.39 Å². The summed E-state index contributed by atoms with van der Waals surface area (Å²) in [7, 11) is 0. The van der Waals surface area contributed by atoms with Crippen molar-refractivity contribution >= 4 is 35.0 Å². The van der Waals surface area contributed by atoms with Crippen molar-refractivity contribution in [2.45, 2.75) is 124 Å². The van der Waals surface area contributed by atoms with E-state index in [1.807, 2.05) is 77.4 Å². The number of rotatable bonds is 18. The number of unbranched alkanes of at least 4 members (excludes halogenated alkanes) is 1. The summed E-state index contributed by atoms with van der Waals surface area (Å²) in [5.74, 6) is -1.67. The van der Waals surface area contributed by atoms with Gasteiger partial charge in [-0.25, -0.2) is 9.37 Å². The van der Waals surface area contributed by atoms with Crippen LogP contribution in [0.1, 0.15) is 95.5 Å². The quantitative estimate of drug-likeness (QED) is 0.123. The molecule has 0 saturated carbocycles. The Morgan fingerprint density at radius 2 is 1.78 bits per heavy atom. The summed E-state index contributed by atoms with van der Waals surface area (Å²) in [6, 6.07) is 11.1. The summed E-state index contributed by atoms with van der Waals surface area (Å²) in [5.41, 5.74) is 10.5. The van der Waals surface area contributed by atoms with Crippen LogP contribution in [-0.4, -0.2) is 69.5 Å². The Morgan fingerprint density at radius 3 is 2.41 bits per heavy atom. The van der Waals surface area contributed by atoms with Gasteiger partial charge in [-0.1, -0.05) is 64.1 Å². The molecule has 1 aliphatic rings. The Morgan fingerprint density at radius 1 is 1.07 bits per heavy atom. The highest BCUT2D eigenvalue weighted by Crippen LogP contribution is 2.28. The van der Waals surface area contributed by atoms with E-state index in [1.54, 1.807) is 17.4 Å². The van der Waals surface area contributed by atoms with Crippen molar-refractivity contribution in [2.75, 3.05) is 6.54 Å². The van der Waals surface area contributed by atoms with Crippen molar-refractivity contribution in [3.05, 3.63) is 76.2 Å². The van der Waals surface area contributed by atoms with Gasteiger partial charge in [0.1, 0.15) is 17.9 Å². The third kappa shape index (κ3) is 12.2. The maximum atomic E-state index is 14.9. The standard InChI is InChI=1S/C41H56FN5O6S/c1-25(11-18-35(43)49)27(3)53-23-31-17-12-28(19-33(31)42)9-7-8-10-36(50)46-38(41(4,5)6)40(52)47-22-32(48)20-34(47)39(51)44-21-29-13-15-30(16-14-29)37-26(2)45-24-54-37/h12-17,19,24-25,27,32,34,38,48H,7-11,18,20-23H2,1-6H3,(H2,43,49)(H,44,51)(H,46,50)/t25-,27+,32+,34-,38+/m0/s1. The molecule has 1 saturated heterocycles. The van der Waals surface area contributed by atoms with E-state index in [0.717, 1.165) is 27.3 Å². The average Bonchev–Trinajstić information content (AvgIpc) is 3.74. The van der Waals surface area contributed by atoms with Crippen LogP contribution < -0.4 is 16.4 Å². The molecule has 0 radical (unpaired) electrons. The zero-order chi connectivity index (χ0) is 39.6. The third-order valence-electron chi connectivity index (χ3n) is 10.1. The van der Waals surface area contributed by atoms with Gasteiger partial charge in [0.15, 0.2) is 0 Å². The predicted octanol–water partition coefficient (Wildman–Crippen LogP) is 5.59. The summed E-state index contributed by atoms with van der Waals surface area (Å²) >= 11 is 1.57. The van der Waals surface area contributed by atoms with Crippen LogP contribution in [0.15, 0.2) is 48.0 Å². The van der Waals surface area contributed by atoms with Gasteiger partial charge in [-0.05, 0) is 73.6 Å².